The quantitative estimate of drug-likeness (QED) is 0.213. The lowest BCUT2D eigenvalue weighted by atomic mass is 10.0. The Morgan fingerprint density at radius 3 is 1.61 bits per heavy atom. The van der Waals surface area contributed by atoms with E-state index in [4.69, 9.17) is 42.6 Å². The van der Waals surface area contributed by atoms with Crippen molar-refractivity contribution in [3.63, 3.8) is 0 Å². The summed E-state index contributed by atoms with van der Waals surface area (Å²) in [6, 6.07) is 15.6. The number of imidazole rings is 2. The van der Waals surface area contributed by atoms with Crippen LogP contribution in [0.1, 0.15) is 91.5 Å². The molecule has 10 nitrogen and oxygen atoms in total. The lowest BCUT2D eigenvalue weighted by Crippen LogP contribution is -2.37. The van der Waals surface area contributed by atoms with Crippen molar-refractivity contribution < 1.29 is 19.1 Å². The number of nitrogens with one attached hydrogen (secondary N) is 2. The summed E-state index contributed by atoms with van der Waals surface area (Å²) in [5.74, 6) is 1.62. The Balaban J connectivity index is 1.16. The molecule has 2 aromatic carbocycles. The van der Waals surface area contributed by atoms with Gasteiger partial charge in [0, 0.05) is 24.2 Å². The van der Waals surface area contributed by atoms with Crippen LogP contribution in [0.5, 0.6) is 0 Å². The van der Waals surface area contributed by atoms with E-state index in [9.17, 15) is 9.59 Å². The molecule has 2 aliphatic rings. The van der Waals surface area contributed by atoms with Gasteiger partial charge in [0.2, 0.25) is 0 Å². The van der Waals surface area contributed by atoms with Gasteiger partial charge in [-0.05, 0) is 77.8 Å². The van der Waals surface area contributed by atoms with Gasteiger partial charge in [-0.1, -0.05) is 78.7 Å². The molecule has 2 N–H and O–H groups in total. The van der Waals surface area contributed by atoms with Crippen molar-refractivity contribution in [2.45, 2.75) is 91.0 Å². The topological polar surface area (TPSA) is 116 Å². The number of ether oxygens (including phenoxy) is 2. The van der Waals surface area contributed by atoms with Crippen LogP contribution >= 0.6 is 23.2 Å². The number of hydrogen-bond donors (Lipinski definition) is 2. The van der Waals surface area contributed by atoms with Gasteiger partial charge < -0.3 is 19.4 Å². The van der Waals surface area contributed by atoms with Gasteiger partial charge in [0.15, 0.2) is 0 Å². The minimum absolute atomic E-state index is 0.219. The molecule has 6 rings (SSSR count). The third-order valence-corrected chi connectivity index (χ3v) is 9.20. The number of rotatable bonds is 5. The monoisotopic (exact) mass is 706 g/mol. The molecule has 4 aromatic rings. The van der Waals surface area contributed by atoms with E-state index in [0.717, 1.165) is 41.5 Å². The van der Waals surface area contributed by atoms with Gasteiger partial charge in [0.05, 0.1) is 12.1 Å². The van der Waals surface area contributed by atoms with Gasteiger partial charge in [-0.2, -0.15) is 0 Å². The second kappa shape index (κ2) is 13.4. The number of nitrogens with zero attached hydrogens (tertiary/aromatic N) is 4. The maximum absolute atomic E-state index is 13.0. The minimum Gasteiger partial charge on any atom is -0.444 e. The number of likely N-dealkylation sites (tertiary alicyclic amines) is 2. The average molecular weight is 708 g/mol. The molecular formula is C37H44Cl2N6O4. The number of aromatic amines is 2. The average Bonchev–Trinajstić information content (AvgIpc) is 3.81. The summed E-state index contributed by atoms with van der Waals surface area (Å²) in [5.41, 5.74) is 3.90. The SMILES string of the molecule is C[C@H]1C[C@@H](c2nc(-c3ccc(-c4ccc(-c5nc([C@@H]6CCCN6C(=O)OC(C)(C)C)[nH]c5Cl)cc4)cc3)c(Cl)[nH]2)N(C(=O)OC(C)(C)C)C1. The fourth-order valence-corrected chi connectivity index (χ4v) is 6.99. The molecule has 2 saturated heterocycles. The summed E-state index contributed by atoms with van der Waals surface area (Å²) in [4.78, 5) is 45.4. The molecule has 2 aliphatic heterocycles. The number of benzene rings is 2. The maximum atomic E-state index is 13.0. The molecular weight excluding hydrogens is 663 g/mol. The zero-order chi connectivity index (χ0) is 35.2. The number of hydrogen-bond acceptors (Lipinski definition) is 6. The van der Waals surface area contributed by atoms with Crippen LogP contribution in [0, 0.1) is 5.92 Å². The first-order chi connectivity index (χ1) is 23.1. The van der Waals surface area contributed by atoms with Crippen LogP contribution in [0.25, 0.3) is 33.6 Å². The molecule has 2 fully saturated rings. The summed E-state index contributed by atoms with van der Waals surface area (Å²) in [6.07, 6.45) is 1.73. The largest absolute Gasteiger partial charge is 0.444 e. The highest BCUT2D eigenvalue weighted by Crippen LogP contribution is 2.39. The molecule has 4 heterocycles. The lowest BCUT2D eigenvalue weighted by molar-refractivity contribution is 0.0206. The normalized spacial score (nSPS) is 19.8. The van der Waals surface area contributed by atoms with Gasteiger partial charge in [0.25, 0.3) is 0 Å². The predicted octanol–water partition coefficient (Wildman–Crippen LogP) is 9.83. The van der Waals surface area contributed by atoms with Crippen molar-refractivity contribution in [1.29, 1.82) is 0 Å². The van der Waals surface area contributed by atoms with Crippen LogP contribution in [0.2, 0.25) is 10.3 Å². The van der Waals surface area contributed by atoms with Crippen LogP contribution < -0.4 is 0 Å². The fourth-order valence-electron chi connectivity index (χ4n) is 6.50. The maximum Gasteiger partial charge on any atom is 0.410 e. The highest BCUT2D eigenvalue weighted by Gasteiger charge is 2.39. The van der Waals surface area contributed by atoms with Crippen LogP contribution in [0.4, 0.5) is 9.59 Å². The molecule has 0 unspecified atom stereocenters. The van der Waals surface area contributed by atoms with E-state index in [0.29, 0.717) is 52.4 Å². The molecule has 49 heavy (non-hydrogen) atoms. The molecule has 0 aliphatic carbocycles. The van der Waals surface area contributed by atoms with Gasteiger partial charge in [-0.15, -0.1) is 0 Å². The zero-order valence-corrected chi connectivity index (χ0v) is 30.6. The highest BCUT2D eigenvalue weighted by atomic mass is 35.5. The highest BCUT2D eigenvalue weighted by molar-refractivity contribution is 6.32. The Morgan fingerprint density at radius 2 is 1.14 bits per heavy atom. The van der Waals surface area contributed by atoms with Gasteiger partial charge in [-0.25, -0.2) is 19.6 Å². The lowest BCUT2D eigenvalue weighted by Gasteiger charge is -2.27. The van der Waals surface area contributed by atoms with Crippen molar-refractivity contribution in [1.82, 2.24) is 29.7 Å². The van der Waals surface area contributed by atoms with Crippen molar-refractivity contribution in [3.8, 4) is 33.6 Å². The van der Waals surface area contributed by atoms with Gasteiger partial charge >= 0.3 is 12.2 Å². The van der Waals surface area contributed by atoms with Gasteiger partial charge in [0.1, 0.15) is 44.5 Å². The van der Waals surface area contributed by atoms with Crippen LogP contribution in [-0.2, 0) is 9.47 Å². The second-order valence-electron chi connectivity index (χ2n) is 15.0. The third-order valence-electron chi connectivity index (χ3n) is 8.66. The number of aromatic nitrogens is 4. The van der Waals surface area contributed by atoms with E-state index < -0.39 is 11.2 Å². The Bertz CT molecular complexity index is 1820. The molecule has 0 bridgehead atoms. The van der Waals surface area contributed by atoms with Crippen molar-refractivity contribution >= 4 is 35.4 Å². The van der Waals surface area contributed by atoms with Crippen LogP contribution in [-0.4, -0.2) is 66.2 Å². The van der Waals surface area contributed by atoms with E-state index in [1.165, 1.54) is 0 Å². The summed E-state index contributed by atoms with van der Waals surface area (Å²) in [7, 11) is 0. The molecule has 2 aromatic heterocycles. The zero-order valence-electron chi connectivity index (χ0n) is 29.1. The van der Waals surface area contributed by atoms with Crippen molar-refractivity contribution in [2.75, 3.05) is 13.1 Å². The minimum atomic E-state index is -0.584. The summed E-state index contributed by atoms with van der Waals surface area (Å²) in [6.45, 7) is 14.5. The standard InChI is InChI=1S/C37H44Cl2N6O4/c1-21-19-27(45(20-21)35(47)49-37(5,6)7)33-41-29(31(39)43-33)25-16-12-23(13-17-25)22-10-14-24(15-11-22)28-30(38)42-32(40-28)26-9-8-18-44(26)34(46)48-36(2,3)4/h10-17,21,26-27H,8-9,18-20H2,1-7H3,(H,40,42)(H,41,43)/t21-,26-,27-/m0/s1. The van der Waals surface area contributed by atoms with E-state index in [-0.39, 0.29) is 24.3 Å². The molecule has 0 radical (unpaired) electrons. The number of carbonyl (C=O) groups excluding carboxylic acids is 2. The van der Waals surface area contributed by atoms with Crippen LogP contribution in [0.3, 0.4) is 0 Å². The van der Waals surface area contributed by atoms with Crippen molar-refractivity contribution in [3.05, 3.63) is 70.5 Å². The third kappa shape index (κ3) is 7.75. The molecule has 12 heteroatoms. The Morgan fingerprint density at radius 1 is 0.714 bits per heavy atom. The Kier molecular flexibility index (Phi) is 9.50. The number of amides is 2. The summed E-state index contributed by atoms with van der Waals surface area (Å²) >= 11 is 13.3. The smallest absolute Gasteiger partial charge is 0.410 e. The fraction of sp³-hybridized carbons (Fsp3) is 0.459. The summed E-state index contributed by atoms with van der Waals surface area (Å²) < 4.78 is 11.3. The first-order valence-electron chi connectivity index (χ1n) is 16.8. The molecule has 0 spiro atoms. The van der Waals surface area contributed by atoms with E-state index in [1.54, 1.807) is 9.80 Å². The summed E-state index contributed by atoms with van der Waals surface area (Å²) in [5, 5.41) is 0.859. The predicted molar refractivity (Wildman–Crippen MR) is 191 cm³/mol. The Hall–Kier alpha value is -4.02. The van der Waals surface area contributed by atoms with E-state index in [1.807, 2.05) is 90.1 Å². The Labute approximate surface area is 297 Å². The first kappa shape index (κ1) is 34.8. The van der Waals surface area contributed by atoms with Crippen LogP contribution in [0.15, 0.2) is 48.5 Å². The number of carbonyl (C=O) groups is 2. The number of halogens is 2. The number of H-pyrrole nitrogens is 2. The molecule has 0 saturated carbocycles. The van der Waals surface area contributed by atoms with Gasteiger partial charge in [-0.3, -0.25) is 9.80 Å². The molecule has 2 amide bonds. The van der Waals surface area contributed by atoms with E-state index >= 15 is 0 Å². The van der Waals surface area contributed by atoms with Crippen molar-refractivity contribution in [2.24, 2.45) is 5.92 Å². The van der Waals surface area contributed by atoms with E-state index in [2.05, 4.69) is 16.9 Å². The molecule has 260 valence electrons. The first-order valence-corrected chi connectivity index (χ1v) is 17.5. The second-order valence-corrected chi connectivity index (χ2v) is 15.8. The molecule has 3 atom stereocenters.